The number of nitrogens with one attached hydrogen (secondary N) is 1. The summed E-state index contributed by atoms with van der Waals surface area (Å²) in [5.41, 5.74) is 2.32. The van der Waals surface area contributed by atoms with Gasteiger partial charge >= 0.3 is 0 Å². The van der Waals surface area contributed by atoms with Crippen LogP contribution in [0.2, 0.25) is 0 Å². The average Bonchev–Trinajstić information content (AvgIpc) is 3.29. The number of fused-ring (bicyclic) bond motifs is 1. The van der Waals surface area contributed by atoms with E-state index in [1.54, 1.807) is 0 Å². The second-order valence-corrected chi connectivity index (χ2v) is 7.46. The number of rotatable bonds is 5. The quantitative estimate of drug-likeness (QED) is 0.637. The SMILES string of the molecule is Cn1c(C(=O)Nc2ccc(OC[C@H]3CCCO3)cc2)c(Br)c2ccccc21. The molecule has 2 heterocycles. The zero-order chi connectivity index (χ0) is 18.8. The van der Waals surface area contributed by atoms with Crippen LogP contribution in [0, 0.1) is 0 Å². The third-order valence-electron chi connectivity index (χ3n) is 4.83. The minimum absolute atomic E-state index is 0.159. The molecule has 0 bridgehead atoms. The molecule has 0 spiro atoms. The Morgan fingerprint density at radius 1 is 1.26 bits per heavy atom. The maximum Gasteiger partial charge on any atom is 0.273 e. The number of carbonyl (C=O) groups is 1. The molecule has 4 rings (SSSR count). The summed E-state index contributed by atoms with van der Waals surface area (Å²) in [6.45, 7) is 1.39. The van der Waals surface area contributed by atoms with Crippen LogP contribution in [0.3, 0.4) is 0 Å². The molecule has 6 heteroatoms. The maximum atomic E-state index is 12.8. The molecule has 1 fully saturated rings. The fraction of sp³-hybridized carbons (Fsp3) is 0.286. The van der Waals surface area contributed by atoms with Gasteiger partial charge < -0.3 is 19.4 Å². The summed E-state index contributed by atoms with van der Waals surface area (Å²) in [6.07, 6.45) is 2.34. The van der Waals surface area contributed by atoms with Gasteiger partial charge in [0.15, 0.2) is 0 Å². The molecule has 1 amide bonds. The van der Waals surface area contributed by atoms with E-state index in [1.165, 1.54) is 0 Å². The smallest absolute Gasteiger partial charge is 0.273 e. The summed E-state index contributed by atoms with van der Waals surface area (Å²) in [4.78, 5) is 12.8. The van der Waals surface area contributed by atoms with E-state index >= 15 is 0 Å². The topological polar surface area (TPSA) is 52.5 Å². The van der Waals surface area contributed by atoms with Gasteiger partial charge in [-0.05, 0) is 59.1 Å². The molecule has 3 aromatic rings. The first-order valence-electron chi connectivity index (χ1n) is 9.02. The monoisotopic (exact) mass is 428 g/mol. The Morgan fingerprint density at radius 3 is 2.74 bits per heavy atom. The summed E-state index contributed by atoms with van der Waals surface area (Å²) >= 11 is 3.57. The molecule has 1 atom stereocenters. The molecule has 0 radical (unpaired) electrons. The first-order valence-corrected chi connectivity index (χ1v) is 9.81. The summed E-state index contributed by atoms with van der Waals surface area (Å²) < 4.78 is 14.0. The number of carbonyl (C=O) groups excluding carboxylic acids is 1. The van der Waals surface area contributed by atoms with E-state index in [4.69, 9.17) is 9.47 Å². The van der Waals surface area contributed by atoms with Crippen molar-refractivity contribution >= 4 is 38.4 Å². The minimum atomic E-state index is -0.159. The molecular weight excluding hydrogens is 408 g/mol. The van der Waals surface area contributed by atoms with Crippen LogP contribution in [0.4, 0.5) is 5.69 Å². The number of hydrogen-bond acceptors (Lipinski definition) is 3. The number of nitrogens with zero attached hydrogens (tertiary/aromatic N) is 1. The van der Waals surface area contributed by atoms with Crippen molar-refractivity contribution in [2.45, 2.75) is 18.9 Å². The Labute approximate surface area is 166 Å². The Morgan fingerprint density at radius 2 is 2.04 bits per heavy atom. The van der Waals surface area contributed by atoms with Crippen LogP contribution in [0.1, 0.15) is 23.3 Å². The molecule has 2 aromatic carbocycles. The molecule has 0 aliphatic carbocycles. The minimum Gasteiger partial charge on any atom is -0.491 e. The van der Waals surface area contributed by atoms with E-state index in [0.717, 1.165) is 46.3 Å². The van der Waals surface area contributed by atoms with Crippen molar-refractivity contribution in [3.8, 4) is 5.75 Å². The second kappa shape index (κ2) is 7.74. The molecule has 1 aliphatic rings. The Hall–Kier alpha value is -2.31. The van der Waals surface area contributed by atoms with Crippen molar-refractivity contribution in [2.75, 3.05) is 18.5 Å². The number of hydrogen-bond donors (Lipinski definition) is 1. The maximum absolute atomic E-state index is 12.8. The van der Waals surface area contributed by atoms with Gasteiger partial charge in [0.2, 0.25) is 0 Å². The van der Waals surface area contributed by atoms with Gasteiger partial charge in [0.1, 0.15) is 18.1 Å². The van der Waals surface area contributed by atoms with Crippen LogP contribution in [0.5, 0.6) is 5.75 Å². The summed E-state index contributed by atoms with van der Waals surface area (Å²) in [5, 5.41) is 3.97. The van der Waals surface area contributed by atoms with Crippen molar-refractivity contribution in [3.63, 3.8) is 0 Å². The van der Waals surface area contributed by atoms with Crippen molar-refractivity contribution < 1.29 is 14.3 Å². The van der Waals surface area contributed by atoms with Crippen molar-refractivity contribution in [2.24, 2.45) is 7.05 Å². The normalized spacial score (nSPS) is 16.6. The lowest BCUT2D eigenvalue weighted by atomic mass is 10.2. The van der Waals surface area contributed by atoms with Gasteiger partial charge in [-0.15, -0.1) is 0 Å². The van der Waals surface area contributed by atoms with E-state index in [-0.39, 0.29) is 12.0 Å². The Balaban J connectivity index is 1.45. The number of halogens is 1. The van der Waals surface area contributed by atoms with Crippen molar-refractivity contribution in [1.82, 2.24) is 4.57 Å². The predicted molar refractivity (Wildman–Crippen MR) is 109 cm³/mol. The third-order valence-corrected chi connectivity index (χ3v) is 5.64. The van der Waals surface area contributed by atoms with E-state index < -0.39 is 0 Å². The van der Waals surface area contributed by atoms with E-state index in [1.807, 2.05) is 60.1 Å². The average molecular weight is 429 g/mol. The molecule has 0 saturated carbocycles. The standard InChI is InChI=1S/C21H21BrN2O3/c1-24-18-7-3-2-6-17(18)19(22)20(24)21(25)23-14-8-10-15(11-9-14)27-13-16-5-4-12-26-16/h2-3,6-11,16H,4-5,12-13H2,1H3,(H,23,25)/t16-/m1/s1. The van der Waals surface area contributed by atoms with Crippen LogP contribution in [-0.2, 0) is 11.8 Å². The van der Waals surface area contributed by atoms with Gasteiger partial charge in [0.05, 0.1) is 10.6 Å². The van der Waals surface area contributed by atoms with Crippen LogP contribution in [0.25, 0.3) is 10.9 Å². The van der Waals surface area contributed by atoms with E-state index in [9.17, 15) is 4.79 Å². The third kappa shape index (κ3) is 3.73. The highest BCUT2D eigenvalue weighted by Gasteiger charge is 2.19. The van der Waals surface area contributed by atoms with Crippen LogP contribution >= 0.6 is 15.9 Å². The van der Waals surface area contributed by atoms with Gasteiger partial charge in [-0.2, -0.15) is 0 Å². The number of anilines is 1. The van der Waals surface area contributed by atoms with Crippen molar-refractivity contribution in [3.05, 3.63) is 58.7 Å². The molecule has 0 unspecified atom stereocenters. The number of para-hydroxylation sites is 1. The van der Waals surface area contributed by atoms with Crippen LogP contribution < -0.4 is 10.1 Å². The van der Waals surface area contributed by atoms with Gasteiger partial charge in [-0.3, -0.25) is 4.79 Å². The van der Waals surface area contributed by atoms with Gasteiger partial charge in [0, 0.05) is 30.2 Å². The zero-order valence-electron chi connectivity index (χ0n) is 15.1. The molecule has 27 heavy (non-hydrogen) atoms. The first-order chi connectivity index (χ1) is 13.1. The second-order valence-electron chi connectivity index (χ2n) is 6.66. The number of benzene rings is 2. The highest BCUT2D eigenvalue weighted by Crippen LogP contribution is 2.30. The number of ether oxygens (including phenoxy) is 2. The number of amides is 1. The number of aromatic nitrogens is 1. The Kier molecular flexibility index (Phi) is 5.18. The number of aryl methyl sites for hydroxylation is 1. The van der Waals surface area contributed by atoms with Gasteiger partial charge in [-0.25, -0.2) is 0 Å². The Bertz CT molecular complexity index is 920. The van der Waals surface area contributed by atoms with E-state index in [0.29, 0.717) is 12.3 Å². The largest absolute Gasteiger partial charge is 0.491 e. The van der Waals surface area contributed by atoms with Crippen LogP contribution in [-0.4, -0.2) is 29.8 Å². The fourth-order valence-electron chi connectivity index (χ4n) is 3.39. The lowest BCUT2D eigenvalue weighted by Gasteiger charge is -2.12. The first kappa shape index (κ1) is 18.1. The summed E-state index contributed by atoms with van der Waals surface area (Å²) in [5.74, 6) is 0.614. The molecule has 140 valence electrons. The lowest BCUT2D eigenvalue weighted by molar-refractivity contribution is 0.0679. The summed E-state index contributed by atoms with van der Waals surface area (Å²) in [7, 11) is 1.89. The predicted octanol–water partition coefficient (Wildman–Crippen LogP) is 4.75. The lowest BCUT2D eigenvalue weighted by Crippen LogP contribution is -2.17. The molecule has 1 aromatic heterocycles. The fourth-order valence-corrected chi connectivity index (χ4v) is 4.17. The van der Waals surface area contributed by atoms with Gasteiger partial charge in [-0.1, -0.05) is 18.2 Å². The molecule has 5 nitrogen and oxygen atoms in total. The molecular formula is C21H21BrN2O3. The van der Waals surface area contributed by atoms with Crippen LogP contribution in [0.15, 0.2) is 53.0 Å². The summed E-state index contributed by atoms with van der Waals surface area (Å²) in [6, 6.07) is 15.3. The van der Waals surface area contributed by atoms with E-state index in [2.05, 4.69) is 21.2 Å². The molecule has 1 N–H and O–H groups in total. The molecule has 1 aliphatic heterocycles. The van der Waals surface area contributed by atoms with Gasteiger partial charge in [0.25, 0.3) is 5.91 Å². The highest BCUT2D eigenvalue weighted by atomic mass is 79.9. The highest BCUT2D eigenvalue weighted by molar-refractivity contribution is 9.10. The zero-order valence-corrected chi connectivity index (χ0v) is 16.7. The van der Waals surface area contributed by atoms with Crippen molar-refractivity contribution in [1.29, 1.82) is 0 Å². The molecule has 1 saturated heterocycles.